The van der Waals surface area contributed by atoms with Crippen molar-refractivity contribution in [3.05, 3.63) is 485 Å². The fraction of sp³-hybridized carbons (Fsp3) is 0. The number of hydrogen-bond acceptors (Lipinski definition) is 3. The third-order valence-corrected chi connectivity index (χ3v) is 27.6. The summed E-state index contributed by atoms with van der Waals surface area (Å²) in [6.07, 6.45) is 0. The Balaban J connectivity index is 0.000000106. The lowest BCUT2D eigenvalue weighted by atomic mass is 9.84. The third kappa shape index (κ3) is 13.0. The van der Waals surface area contributed by atoms with E-state index in [1.54, 1.807) is 0 Å². The molecule has 0 bridgehead atoms. The third-order valence-electron chi connectivity index (χ3n) is 27.6. The van der Waals surface area contributed by atoms with Gasteiger partial charge in [-0.3, -0.25) is 0 Å². The quantitative estimate of drug-likeness (QED) is 0.107. The lowest BCUT2D eigenvalue weighted by molar-refractivity contribution is 0.668. The molecule has 0 N–H and O–H groups in total. The van der Waals surface area contributed by atoms with E-state index in [0.717, 1.165) is 71.4 Å². The Kier molecular flexibility index (Phi) is 18.3. The zero-order valence-electron chi connectivity index (χ0n) is 72.4. The maximum absolute atomic E-state index is 6.58. The number of benzene rings is 25. The van der Waals surface area contributed by atoms with Crippen molar-refractivity contribution in [2.75, 3.05) is 0 Å². The molecule has 0 aliphatic heterocycles. The molecule has 3 heterocycles. The molecule has 618 valence electrons. The molecule has 3 aromatic heterocycles. The summed E-state index contributed by atoms with van der Waals surface area (Å²) in [7, 11) is 0. The molecule has 0 atom stereocenters. The predicted molar refractivity (Wildman–Crippen MR) is 565 cm³/mol. The highest BCUT2D eigenvalue weighted by Crippen LogP contribution is 2.52. The van der Waals surface area contributed by atoms with Crippen LogP contribution in [0.1, 0.15) is 0 Å². The Hall–Kier alpha value is -17.5. The SMILES string of the molecule is c1ccc(-c2c3ccccc3c(-c3cccc4oc5cc(-c6ccc7ccccc7c6)ccc5c34)c3ccccc23)cc1.c1ccc(-c2c3ccccc3c(-c3cccc4oc5ccc(-c6ccc(-c7ccc8c(ccc9ccccc98)c7)cc6)cc5c34)c3ccccc23)cc1.c1ccc2c(-c3c4ccccc4c(-c4ccc5oc6ccccc6c5c4)c4ccccc34)cccc2c1. The van der Waals surface area contributed by atoms with Crippen LogP contribution < -0.4 is 0 Å². The van der Waals surface area contributed by atoms with Crippen LogP contribution >= 0.6 is 0 Å². The lowest BCUT2D eigenvalue weighted by Gasteiger charge is -2.18. The van der Waals surface area contributed by atoms with Crippen molar-refractivity contribution in [2.24, 2.45) is 0 Å². The Morgan fingerprint density at radius 3 is 0.947 bits per heavy atom. The van der Waals surface area contributed by atoms with Crippen LogP contribution in [0.3, 0.4) is 0 Å². The zero-order valence-corrected chi connectivity index (χ0v) is 72.4. The van der Waals surface area contributed by atoms with Gasteiger partial charge in [0.15, 0.2) is 0 Å². The summed E-state index contributed by atoms with van der Waals surface area (Å²) in [6.45, 7) is 0. The predicted octanol–water partition coefficient (Wildman–Crippen LogP) is 37.3. The lowest BCUT2D eigenvalue weighted by Crippen LogP contribution is -1.91. The maximum Gasteiger partial charge on any atom is 0.136 e. The zero-order chi connectivity index (χ0) is 87.6. The van der Waals surface area contributed by atoms with E-state index in [9.17, 15) is 0 Å². The van der Waals surface area contributed by atoms with Gasteiger partial charge in [0.25, 0.3) is 0 Å². The van der Waals surface area contributed by atoms with Crippen molar-refractivity contribution in [3.63, 3.8) is 0 Å². The highest BCUT2D eigenvalue weighted by atomic mass is 16.3. The molecule has 0 aliphatic rings. The largest absolute Gasteiger partial charge is 0.456 e. The van der Waals surface area contributed by atoms with Crippen molar-refractivity contribution in [1.82, 2.24) is 0 Å². The van der Waals surface area contributed by atoms with Crippen molar-refractivity contribution in [1.29, 1.82) is 0 Å². The number of rotatable bonds is 9. The molecular formula is C130H80O3. The van der Waals surface area contributed by atoms with Crippen molar-refractivity contribution < 1.29 is 13.3 Å². The van der Waals surface area contributed by atoms with Gasteiger partial charge in [-0.25, -0.2) is 0 Å². The second-order valence-corrected chi connectivity index (χ2v) is 34.9. The molecule has 3 nitrogen and oxygen atoms in total. The van der Waals surface area contributed by atoms with Crippen LogP contribution in [0.5, 0.6) is 0 Å². The van der Waals surface area contributed by atoms with Gasteiger partial charge in [-0.2, -0.15) is 0 Å². The molecule has 0 amide bonds. The van der Waals surface area contributed by atoms with Crippen LogP contribution in [0.4, 0.5) is 0 Å². The molecule has 28 aromatic rings. The van der Waals surface area contributed by atoms with Gasteiger partial charge in [-0.1, -0.05) is 419 Å². The number of para-hydroxylation sites is 1. The summed E-state index contributed by atoms with van der Waals surface area (Å²) in [5, 5.41) is 32.0. The Morgan fingerprint density at radius 1 is 0.105 bits per heavy atom. The Bertz CT molecular complexity index is 9410. The van der Waals surface area contributed by atoms with E-state index in [-0.39, 0.29) is 0 Å². The second-order valence-electron chi connectivity index (χ2n) is 34.9. The summed E-state index contributed by atoms with van der Waals surface area (Å²) in [5.41, 5.74) is 27.5. The molecule has 28 rings (SSSR count). The van der Waals surface area contributed by atoms with Crippen LogP contribution in [0, 0.1) is 0 Å². The molecule has 133 heavy (non-hydrogen) atoms. The molecule has 3 heteroatoms. The van der Waals surface area contributed by atoms with E-state index in [2.05, 4.69) is 473 Å². The molecule has 0 unspecified atom stereocenters. The van der Waals surface area contributed by atoms with Crippen molar-refractivity contribution in [2.45, 2.75) is 0 Å². The Morgan fingerprint density at radius 2 is 0.398 bits per heavy atom. The second kappa shape index (κ2) is 31.8. The summed E-state index contributed by atoms with van der Waals surface area (Å²) < 4.78 is 19.3. The van der Waals surface area contributed by atoms with Crippen LogP contribution in [0.2, 0.25) is 0 Å². The molecular weight excluding hydrogens is 1610 g/mol. The van der Waals surface area contributed by atoms with Gasteiger partial charge < -0.3 is 13.3 Å². The van der Waals surface area contributed by atoms with Gasteiger partial charge in [-0.05, 0) is 275 Å². The van der Waals surface area contributed by atoms with E-state index in [1.807, 2.05) is 12.1 Å². The highest BCUT2D eigenvalue weighted by Gasteiger charge is 2.26. The van der Waals surface area contributed by atoms with Gasteiger partial charge >= 0.3 is 0 Å². The van der Waals surface area contributed by atoms with Crippen LogP contribution in [-0.4, -0.2) is 0 Å². The van der Waals surface area contributed by atoms with Crippen molar-refractivity contribution in [3.8, 4) is 100 Å². The Labute approximate surface area is 766 Å². The van der Waals surface area contributed by atoms with Gasteiger partial charge in [0.2, 0.25) is 0 Å². The van der Waals surface area contributed by atoms with Crippen molar-refractivity contribution >= 4 is 174 Å². The monoisotopic (exact) mass is 1690 g/mol. The fourth-order valence-electron chi connectivity index (χ4n) is 21.6. The van der Waals surface area contributed by atoms with Gasteiger partial charge in [0.05, 0.1) is 0 Å². The van der Waals surface area contributed by atoms with Crippen LogP contribution in [-0.2, 0) is 0 Å². The molecule has 25 aromatic carbocycles. The molecule has 0 fully saturated rings. The first-order valence-corrected chi connectivity index (χ1v) is 45.7. The number of furan rings is 3. The number of fused-ring (bicyclic) bond motifs is 20. The van der Waals surface area contributed by atoms with Crippen LogP contribution in [0.15, 0.2) is 499 Å². The minimum Gasteiger partial charge on any atom is -0.456 e. The average molecular weight is 1690 g/mol. The topological polar surface area (TPSA) is 39.4 Å². The smallest absolute Gasteiger partial charge is 0.136 e. The van der Waals surface area contributed by atoms with E-state index in [4.69, 9.17) is 13.3 Å². The highest BCUT2D eigenvalue weighted by molar-refractivity contribution is 6.29. The minimum absolute atomic E-state index is 0.894. The normalized spacial score (nSPS) is 11.8. The first-order chi connectivity index (χ1) is 66.0. The molecule has 0 radical (unpaired) electrons. The maximum atomic E-state index is 6.58. The average Bonchev–Trinajstić information content (AvgIpc) is 1.62. The minimum atomic E-state index is 0.894. The molecule has 0 saturated carbocycles. The van der Waals surface area contributed by atoms with Gasteiger partial charge in [0, 0.05) is 32.3 Å². The van der Waals surface area contributed by atoms with Gasteiger partial charge in [-0.15, -0.1) is 0 Å². The standard InChI is InChI=1S/C52H32O.C42H26O.C36H22O/c1-2-12-36(13-3-1)50-42-15-6-8-17-44(42)51(45-18-9-7-16-43(45)50)46-19-10-20-49-52(46)47-32-38(28-30-48(47)53-49)34-23-21-33(22-24-34)37-27-29-41-39(31-37)26-25-35-11-4-5-14-40(35)41;1-2-12-28(13-3-1)40-32-15-6-8-17-34(32)41(35-18-9-7-16-33(35)40)37-19-10-20-38-42(37)36-24-23-31(26-39(36)43-38)30-22-21-27-11-4-5-14-29(27)25-30;1-2-12-25-23(10-1)11-9-18-27(25)36-30-16-5-3-14-28(30)35(29-15-4-6-17-31(29)36)24-20-21-34-32(22-24)26-13-7-8-19-33(26)37-34/h1-32H;1-26H;1-22H. The first kappa shape index (κ1) is 76.7. The first-order valence-electron chi connectivity index (χ1n) is 45.7. The van der Waals surface area contributed by atoms with Gasteiger partial charge in [0.1, 0.15) is 33.5 Å². The molecule has 0 aliphatic carbocycles. The summed E-state index contributed by atoms with van der Waals surface area (Å²) in [6, 6.07) is 175. The van der Waals surface area contributed by atoms with E-state index < -0.39 is 0 Å². The van der Waals surface area contributed by atoms with E-state index >= 15 is 0 Å². The summed E-state index contributed by atoms with van der Waals surface area (Å²) in [4.78, 5) is 0. The molecule has 0 saturated heterocycles. The fourth-order valence-corrected chi connectivity index (χ4v) is 21.6. The van der Waals surface area contributed by atoms with E-state index in [1.165, 1.54) is 202 Å². The summed E-state index contributed by atoms with van der Waals surface area (Å²) in [5.74, 6) is 0. The number of hydrogen-bond donors (Lipinski definition) is 0. The van der Waals surface area contributed by atoms with E-state index in [0.29, 0.717) is 0 Å². The summed E-state index contributed by atoms with van der Waals surface area (Å²) >= 11 is 0. The molecule has 0 spiro atoms. The van der Waals surface area contributed by atoms with Crippen LogP contribution in [0.25, 0.3) is 274 Å².